The molecule has 10 rings (SSSR count). The molecule has 0 fully saturated rings. The third-order valence-corrected chi connectivity index (χ3v) is 14.8. The Hall–Kier alpha value is -6.06. The number of nitrogens with zero attached hydrogens (tertiary/aromatic N) is 1. The molecule has 69 heavy (non-hydrogen) atoms. The quantitative estimate of drug-likeness (QED) is 0.177. The third-order valence-electron chi connectivity index (χ3n) is 14.8. The van der Waals surface area contributed by atoms with Gasteiger partial charge in [0.25, 0.3) is 0 Å². The molecule has 3 heterocycles. The van der Waals surface area contributed by atoms with Crippen molar-refractivity contribution in [2.75, 3.05) is 0 Å². The zero-order chi connectivity index (χ0) is 49.7. The minimum atomic E-state index is -0.110. The van der Waals surface area contributed by atoms with Crippen LogP contribution >= 0.6 is 0 Å². The molecule has 0 aliphatic carbocycles. The molecule has 7 aromatic carbocycles. The molecule has 0 bridgehead atoms. The smallest absolute Gasteiger partial charge is 0.143 e. The minimum Gasteiger partial charge on any atom is -0.455 e. The van der Waals surface area contributed by atoms with Gasteiger partial charge >= 0.3 is 0 Å². The standard InChI is InChI=1S/C66H73NO2/c1-61(2,3)40-30-45(57-49(32-40)51-34-42(63(7,8)9)36-53(59(51)68-57)65(13,14)15)38-24-26-55-47(28-38)48-29-39(25-27-56(48)67(55)44-22-20-19-21-23-44)46-31-41(62(4,5)6)33-50-52-35-43(64(10,11)12)37-54(66(16,17)18)60(52)69-58(46)50/h19-37H,1-18H3. The summed E-state index contributed by atoms with van der Waals surface area (Å²) in [7, 11) is 0. The number of fused-ring (bicyclic) bond motifs is 9. The Kier molecular flexibility index (Phi) is 10.3. The van der Waals surface area contributed by atoms with Crippen molar-refractivity contribution in [2.45, 2.75) is 157 Å². The summed E-state index contributed by atoms with van der Waals surface area (Å²) in [5.41, 5.74) is 19.1. The number of rotatable bonds is 3. The highest BCUT2D eigenvalue weighted by atomic mass is 16.3. The van der Waals surface area contributed by atoms with Gasteiger partial charge in [-0.3, -0.25) is 0 Å². The second kappa shape index (κ2) is 15.2. The first-order valence-electron chi connectivity index (χ1n) is 25.2. The van der Waals surface area contributed by atoms with Crippen molar-refractivity contribution in [3.63, 3.8) is 0 Å². The maximum atomic E-state index is 7.23. The van der Waals surface area contributed by atoms with E-state index < -0.39 is 0 Å². The second-order valence-electron chi connectivity index (χ2n) is 26.4. The van der Waals surface area contributed by atoms with Crippen LogP contribution in [0.4, 0.5) is 0 Å². The molecule has 0 atom stereocenters. The summed E-state index contributed by atoms with van der Waals surface area (Å²) in [5, 5.41) is 7.13. The summed E-state index contributed by atoms with van der Waals surface area (Å²) in [6.45, 7) is 41.6. The monoisotopic (exact) mass is 912 g/mol. The Morgan fingerprint density at radius 3 is 0.971 bits per heavy atom. The lowest BCUT2D eigenvalue weighted by Gasteiger charge is -2.25. The fourth-order valence-corrected chi connectivity index (χ4v) is 10.4. The second-order valence-corrected chi connectivity index (χ2v) is 26.4. The lowest BCUT2D eigenvalue weighted by Crippen LogP contribution is -2.16. The normalized spacial score (nSPS) is 13.7. The summed E-state index contributed by atoms with van der Waals surface area (Å²) in [5.74, 6) is 0. The van der Waals surface area contributed by atoms with Gasteiger partial charge in [-0.2, -0.15) is 0 Å². The van der Waals surface area contributed by atoms with Crippen LogP contribution in [0.5, 0.6) is 0 Å². The molecule has 3 heteroatoms. The van der Waals surface area contributed by atoms with Gasteiger partial charge < -0.3 is 13.4 Å². The summed E-state index contributed by atoms with van der Waals surface area (Å²) in [4.78, 5) is 0. The van der Waals surface area contributed by atoms with Gasteiger partial charge in [-0.25, -0.2) is 0 Å². The number of benzene rings is 7. The average Bonchev–Trinajstić information content (AvgIpc) is 3.92. The van der Waals surface area contributed by atoms with E-state index in [1.807, 2.05) is 0 Å². The topological polar surface area (TPSA) is 31.2 Å². The molecule has 3 nitrogen and oxygen atoms in total. The Labute approximate surface area is 410 Å². The molecule has 0 amide bonds. The molecule has 3 aromatic heterocycles. The van der Waals surface area contributed by atoms with Crippen molar-refractivity contribution < 1.29 is 8.83 Å². The lowest BCUT2D eigenvalue weighted by atomic mass is 9.79. The summed E-state index contributed by atoms with van der Waals surface area (Å²) in [6, 6.07) is 44.1. The van der Waals surface area contributed by atoms with E-state index in [1.54, 1.807) is 0 Å². The summed E-state index contributed by atoms with van der Waals surface area (Å²) >= 11 is 0. The van der Waals surface area contributed by atoms with Crippen LogP contribution in [0.2, 0.25) is 0 Å². The van der Waals surface area contributed by atoms with E-state index in [4.69, 9.17) is 8.83 Å². The van der Waals surface area contributed by atoms with Crippen LogP contribution in [0.1, 0.15) is 158 Å². The van der Waals surface area contributed by atoms with Crippen LogP contribution < -0.4 is 0 Å². The zero-order valence-corrected chi connectivity index (χ0v) is 44.7. The molecule has 0 saturated carbocycles. The SMILES string of the molecule is CC(C)(C)c1cc(-c2ccc3c(c2)c2cc(-c4cc(C(C)(C)C)cc5c4oc4c(C(C)(C)C)cc(C(C)(C)C)cc45)ccc2n3-c2ccccc2)c2oc3c(C(C)(C)C)cc(C(C)(C)C)cc3c2c1. The van der Waals surface area contributed by atoms with Crippen LogP contribution in [0.25, 0.3) is 93.6 Å². The number of aromatic nitrogens is 1. The summed E-state index contributed by atoms with van der Waals surface area (Å²) in [6.07, 6.45) is 0. The Morgan fingerprint density at radius 2 is 0.638 bits per heavy atom. The molecule has 0 spiro atoms. The predicted octanol–water partition coefficient (Wildman–Crippen LogP) is 19.7. The van der Waals surface area contributed by atoms with Crippen LogP contribution in [0.3, 0.4) is 0 Å². The highest BCUT2D eigenvalue weighted by Gasteiger charge is 2.30. The van der Waals surface area contributed by atoms with Crippen molar-refractivity contribution in [1.29, 1.82) is 0 Å². The minimum absolute atomic E-state index is 0.0193. The van der Waals surface area contributed by atoms with Gasteiger partial charge in [0.05, 0.1) is 11.0 Å². The van der Waals surface area contributed by atoms with Gasteiger partial charge in [-0.15, -0.1) is 0 Å². The molecule has 0 radical (unpaired) electrons. The molecular formula is C66H73NO2. The van der Waals surface area contributed by atoms with Gasteiger partial charge in [0.1, 0.15) is 22.3 Å². The molecule has 0 unspecified atom stereocenters. The van der Waals surface area contributed by atoms with Crippen molar-refractivity contribution in [3.8, 4) is 27.9 Å². The third kappa shape index (κ3) is 7.89. The molecule has 10 aromatic rings. The highest BCUT2D eigenvalue weighted by Crippen LogP contribution is 2.48. The van der Waals surface area contributed by atoms with Crippen LogP contribution in [-0.2, 0) is 32.5 Å². The summed E-state index contributed by atoms with van der Waals surface area (Å²) < 4.78 is 16.9. The molecule has 0 aliphatic heterocycles. The van der Waals surface area contributed by atoms with Crippen LogP contribution in [0.15, 0.2) is 124 Å². The van der Waals surface area contributed by atoms with E-state index in [0.717, 1.165) is 61.3 Å². The van der Waals surface area contributed by atoms with Crippen molar-refractivity contribution >= 4 is 65.7 Å². The Balaban J connectivity index is 1.29. The van der Waals surface area contributed by atoms with Gasteiger partial charge in [-0.05, 0) is 139 Å². The molecular weight excluding hydrogens is 839 g/mol. The van der Waals surface area contributed by atoms with E-state index in [0.29, 0.717) is 0 Å². The number of hydrogen-bond donors (Lipinski definition) is 0. The average molecular weight is 912 g/mol. The first-order chi connectivity index (χ1) is 32.0. The fourth-order valence-electron chi connectivity index (χ4n) is 10.4. The lowest BCUT2D eigenvalue weighted by molar-refractivity contribution is 0.558. The maximum Gasteiger partial charge on any atom is 0.143 e. The van der Waals surface area contributed by atoms with E-state index in [9.17, 15) is 0 Å². The Morgan fingerprint density at radius 1 is 0.304 bits per heavy atom. The maximum absolute atomic E-state index is 7.23. The van der Waals surface area contributed by atoms with Crippen molar-refractivity contribution in [2.24, 2.45) is 0 Å². The van der Waals surface area contributed by atoms with E-state index in [2.05, 4.69) is 244 Å². The first-order valence-corrected chi connectivity index (χ1v) is 25.2. The van der Waals surface area contributed by atoms with Gasteiger partial charge in [0, 0.05) is 60.3 Å². The van der Waals surface area contributed by atoms with Gasteiger partial charge in [0.15, 0.2) is 0 Å². The largest absolute Gasteiger partial charge is 0.455 e. The number of para-hydroxylation sites is 1. The zero-order valence-electron chi connectivity index (χ0n) is 44.7. The molecule has 0 N–H and O–H groups in total. The van der Waals surface area contributed by atoms with E-state index >= 15 is 0 Å². The Bertz CT molecular complexity index is 3460. The highest BCUT2D eigenvalue weighted by molar-refractivity contribution is 6.16. The van der Waals surface area contributed by atoms with Gasteiger partial charge in [-0.1, -0.05) is 167 Å². The molecule has 0 aliphatic rings. The van der Waals surface area contributed by atoms with E-state index in [-0.39, 0.29) is 32.5 Å². The molecule has 354 valence electrons. The number of hydrogen-bond acceptors (Lipinski definition) is 2. The van der Waals surface area contributed by atoms with Crippen LogP contribution in [-0.4, -0.2) is 4.57 Å². The fraction of sp³-hybridized carbons (Fsp3) is 0.364. The molecule has 0 saturated heterocycles. The van der Waals surface area contributed by atoms with Crippen molar-refractivity contribution in [3.05, 3.63) is 149 Å². The van der Waals surface area contributed by atoms with E-state index in [1.165, 1.54) is 65.7 Å². The van der Waals surface area contributed by atoms with Crippen LogP contribution in [0, 0.1) is 0 Å². The van der Waals surface area contributed by atoms with Gasteiger partial charge in [0.2, 0.25) is 0 Å². The number of furan rings is 2. The van der Waals surface area contributed by atoms with Crippen molar-refractivity contribution in [1.82, 2.24) is 4.57 Å². The predicted molar refractivity (Wildman–Crippen MR) is 298 cm³/mol. The first kappa shape index (κ1) is 46.7.